The number of rotatable bonds is 9. The summed E-state index contributed by atoms with van der Waals surface area (Å²) in [5, 5.41) is 2.01. The number of hydrogen-bond acceptors (Lipinski definition) is 7. The molecule has 1 aliphatic rings. The highest BCUT2D eigenvalue weighted by Gasteiger charge is 2.27. The molecule has 2 aromatic heterocycles. The molecule has 1 N–H and O–H groups in total. The van der Waals surface area contributed by atoms with Gasteiger partial charge < -0.3 is 14.9 Å². The number of fused-ring (bicyclic) bond motifs is 1. The minimum Gasteiger partial charge on any atom is -0.313 e. The maximum absolute atomic E-state index is 13.0. The predicted octanol–water partition coefficient (Wildman–Crippen LogP) is 1.85. The maximum atomic E-state index is 13.0. The molecule has 0 unspecified atom stereocenters. The van der Waals surface area contributed by atoms with Crippen molar-refractivity contribution < 1.29 is 8.42 Å². The monoisotopic (exact) mass is 535 g/mol. The number of aryl methyl sites for hydroxylation is 1. The number of hydrogen-bond donors (Lipinski definition) is 1. The average Bonchev–Trinajstić information content (AvgIpc) is 3.35. The first-order valence-corrected chi connectivity index (χ1v) is 14.2. The Kier molecular flexibility index (Phi) is 7.59. The highest BCUT2D eigenvalue weighted by Crippen LogP contribution is 2.19. The molecule has 1 fully saturated rings. The Labute approximate surface area is 222 Å². The Morgan fingerprint density at radius 2 is 1.68 bits per heavy atom. The van der Waals surface area contributed by atoms with Crippen molar-refractivity contribution in [3.63, 3.8) is 0 Å². The van der Waals surface area contributed by atoms with Gasteiger partial charge in [-0.3, -0.25) is 4.79 Å². The molecule has 2 aromatic carbocycles. The van der Waals surface area contributed by atoms with E-state index in [4.69, 9.17) is 4.98 Å². The van der Waals surface area contributed by atoms with Crippen LogP contribution in [0, 0.1) is 0 Å². The van der Waals surface area contributed by atoms with Crippen molar-refractivity contribution in [2.45, 2.75) is 24.2 Å². The zero-order chi connectivity index (χ0) is 26.7. The van der Waals surface area contributed by atoms with E-state index >= 15 is 0 Å². The fourth-order valence-electron chi connectivity index (χ4n) is 4.69. The first-order valence-electron chi connectivity index (χ1n) is 12.8. The van der Waals surface area contributed by atoms with E-state index in [9.17, 15) is 13.2 Å². The van der Waals surface area contributed by atoms with E-state index in [1.807, 2.05) is 42.0 Å². The summed E-state index contributed by atoms with van der Waals surface area (Å²) in [6.45, 7) is 3.18. The molecule has 3 heterocycles. The molecular weight excluding hydrogens is 502 g/mol. The molecule has 11 heteroatoms. The zero-order valence-corrected chi connectivity index (χ0v) is 22.6. The van der Waals surface area contributed by atoms with E-state index in [-0.39, 0.29) is 16.0 Å². The number of nitrogens with zero attached hydrogens (tertiary/aromatic N) is 6. The molecule has 1 aliphatic heterocycles. The number of H-pyrrole nitrogens is 1. The summed E-state index contributed by atoms with van der Waals surface area (Å²) in [6, 6.07) is 17.1. The zero-order valence-electron chi connectivity index (χ0n) is 21.7. The van der Waals surface area contributed by atoms with Crippen molar-refractivity contribution >= 4 is 21.2 Å². The molecule has 38 heavy (non-hydrogen) atoms. The summed E-state index contributed by atoms with van der Waals surface area (Å²) in [7, 11) is 0.416. The summed E-state index contributed by atoms with van der Waals surface area (Å²) in [5.41, 5.74) is 2.64. The number of benzene rings is 2. The van der Waals surface area contributed by atoms with E-state index in [0.717, 1.165) is 38.0 Å². The van der Waals surface area contributed by atoms with Crippen LogP contribution in [0.3, 0.4) is 0 Å². The fraction of sp³-hybridized carbons (Fsp3) is 0.370. The molecule has 0 radical (unpaired) electrons. The number of imidazole rings is 1. The normalized spacial score (nSPS) is 15.2. The van der Waals surface area contributed by atoms with Crippen molar-refractivity contribution in [1.82, 2.24) is 28.8 Å². The number of likely N-dealkylation sites (N-methyl/N-ethyl adjacent to an activating group) is 1. The third-order valence-electron chi connectivity index (χ3n) is 6.99. The second kappa shape index (κ2) is 11.1. The average molecular weight is 536 g/mol. The molecular formula is C27H33N7O3S. The molecule has 1 saturated heterocycles. The van der Waals surface area contributed by atoms with Crippen molar-refractivity contribution in [3.05, 3.63) is 88.2 Å². The van der Waals surface area contributed by atoms with E-state index in [1.165, 1.54) is 9.87 Å². The highest BCUT2D eigenvalue weighted by molar-refractivity contribution is 7.89. The molecule has 0 aliphatic carbocycles. The molecule has 4 aromatic rings. The van der Waals surface area contributed by atoms with Crippen LogP contribution in [0.2, 0.25) is 0 Å². The van der Waals surface area contributed by atoms with Crippen LogP contribution in [-0.2, 0) is 22.9 Å². The Morgan fingerprint density at radius 3 is 2.39 bits per heavy atom. The summed E-state index contributed by atoms with van der Waals surface area (Å²) >= 11 is 0. The summed E-state index contributed by atoms with van der Waals surface area (Å²) < 4.78 is 29.4. The largest absolute Gasteiger partial charge is 0.313 e. The number of aromatic nitrogens is 4. The Hall–Kier alpha value is -3.54. The van der Waals surface area contributed by atoms with E-state index in [2.05, 4.69) is 27.0 Å². The van der Waals surface area contributed by atoms with Crippen LogP contribution >= 0.6 is 0 Å². The predicted molar refractivity (Wildman–Crippen MR) is 147 cm³/mol. The first-order chi connectivity index (χ1) is 18.3. The lowest BCUT2D eigenvalue weighted by Crippen LogP contribution is -2.46. The van der Waals surface area contributed by atoms with Crippen molar-refractivity contribution in [2.24, 2.45) is 0 Å². The third kappa shape index (κ3) is 5.64. The van der Waals surface area contributed by atoms with Gasteiger partial charge in [-0.15, -0.1) is 0 Å². The van der Waals surface area contributed by atoms with Gasteiger partial charge in [0.2, 0.25) is 10.0 Å². The van der Waals surface area contributed by atoms with Crippen molar-refractivity contribution in [1.29, 1.82) is 0 Å². The minimum absolute atomic E-state index is 0.276. The van der Waals surface area contributed by atoms with Gasteiger partial charge in [0, 0.05) is 46.2 Å². The van der Waals surface area contributed by atoms with Crippen LogP contribution in [-0.4, -0.2) is 84.1 Å². The lowest BCUT2D eigenvalue weighted by atomic mass is 10.1. The highest BCUT2D eigenvalue weighted by atomic mass is 32.2. The number of nitrogens with one attached hydrogen (secondary N) is 1. The number of sulfonamides is 1. The van der Waals surface area contributed by atoms with Gasteiger partial charge in [0.15, 0.2) is 11.2 Å². The van der Waals surface area contributed by atoms with Gasteiger partial charge in [0.05, 0.1) is 4.90 Å². The minimum atomic E-state index is -3.53. The molecule has 0 bridgehead atoms. The molecule has 0 spiro atoms. The van der Waals surface area contributed by atoms with E-state index in [0.29, 0.717) is 31.0 Å². The summed E-state index contributed by atoms with van der Waals surface area (Å²) in [6.07, 6.45) is 3.89. The van der Waals surface area contributed by atoms with Crippen molar-refractivity contribution in [2.75, 3.05) is 51.8 Å². The van der Waals surface area contributed by atoms with E-state index in [1.54, 1.807) is 30.6 Å². The van der Waals surface area contributed by atoms with Gasteiger partial charge in [0.1, 0.15) is 12.2 Å². The van der Waals surface area contributed by atoms with Crippen LogP contribution in [0.15, 0.2) is 70.6 Å². The number of piperazine rings is 1. The lowest BCUT2D eigenvalue weighted by molar-refractivity contribution is 0.222. The summed E-state index contributed by atoms with van der Waals surface area (Å²) in [5.74, 6) is 0.497. The van der Waals surface area contributed by atoms with E-state index < -0.39 is 10.0 Å². The smallest absolute Gasteiger partial charge is 0.279 e. The van der Waals surface area contributed by atoms with Gasteiger partial charge in [-0.2, -0.15) is 4.31 Å². The summed E-state index contributed by atoms with van der Waals surface area (Å²) in [4.78, 5) is 26.9. The maximum Gasteiger partial charge on any atom is 0.279 e. The Balaban J connectivity index is 1.29. The van der Waals surface area contributed by atoms with Gasteiger partial charge >= 0.3 is 0 Å². The van der Waals surface area contributed by atoms with Crippen LogP contribution in [0.4, 0.5) is 0 Å². The Morgan fingerprint density at radius 1 is 0.974 bits per heavy atom. The number of aromatic amines is 1. The topological polar surface area (TPSA) is 107 Å². The molecule has 10 nitrogen and oxygen atoms in total. The second-order valence-electron chi connectivity index (χ2n) is 9.77. The second-order valence-corrected chi connectivity index (χ2v) is 11.7. The third-order valence-corrected chi connectivity index (χ3v) is 8.90. The Bertz CT molecular complexity index is 1540. The molecule has 0 saturated carbocycles. The molecule has 5 rings (SSSR count). The van der Waals surface area contributed by atoms with Crippen LogP contribution in [0.25, 0.3) is 11.2 Å². The SMILES string of the molecule is CN1CCN(S(=O)(=O)c2ccc(Cc3nc4c(ncn4N(C)CCCc4ccccc4)c(=O)[nH]3)cc2)CC1. The molecule has 0 atom stereocenters. The van der Waals surface area contributed by atoms with Gasteiger partial charge in [-0.05, 0) is 43.1 Å². The molecule has 0 amide bonds. The first kappa shape index (κ1) is 26.1. The van der Waals surface area contributed by atoms with Gasteiger partial charge in [0.25, 0.3) is 5.56 Å². The fourth-order valence-corrected chi connectivity index (χ4v) is 6.11. The van der Waals surface area contributed by atoms with Crippen LogP contribution in [0.1, 0.15) is 23.4 Å². The van der Waals surface area contributed by atoms with Gasteiger partial charge in [-0.25, -0.2) is 23.1 Å². The van der Waals surface area contributed by atoms with Crippen LogP contribution < -0.4 is 10.6 Å². The lowest BCUT2D eigenvalue weighted by Gasteiger charge is -2.31. The van der Waals surface area contributed by atoms with Crippen LogP contribution in [0.5, 0.6) is 0 Å². The van der Waals surface area contributed by atoms with Gasteiger partial charge in [-0.1, -0.05) is 42.5 Å². The quantitative estimate of drug-likeness (QED) is 0.349. The molecule has 200 valence electrons. The standard InChI is InChI=1S/C27H33N7O3S/c1-31-15-17-33(18-16-31)38(36,37)23-12-10-22(11-13-23)19-24-29-26-25(27(35)30-24)28-20-34(26)32(2)14-6-9-21-7-4-3-5-8-21/h3-5,7-8,10-13,20H,6,9,14-19H2,1-2H3,(H,29,30,35). The van der Waals surface area contributed by atoms with Crippen molar-refractivity contribution in [3.8, 4) is 0 Å².